The highest BCUT2D eigenvalue weighted by molar-refractivity contribution is 7.15. The molecule has 1 heterocycles. The van der Waals surface area contributed by atoms with Gasteiger partial charge in [0.05, 0.1) is 5.69 Å². The molecule has 0 saturated heterocycles. The first-order valence-corrected chi connectivity index (χ1v) is 7.04. The van der Waals surface area contributed by atoms with Gasteiger partial charge in [-0.1, -0.05) is 13.8 Å². The molecule has 0 radical (unpaired) electrons. The Kier molecular flexibility index (Phi) is 3.82. The van der Waals surface area contributed by atoms with E-state index >= 15 is 0 Å². The van der Waals surface area contributed by atoms with Crippen molar-refractivity contribution in [3.05, 3.63) is 10.6 Å². The largest absolute Gasteiger partial charge is 0.375 e. The third-order valence-electron chi connectivity index (χ3n) is 3.36. The van der Waals surface area contributed by atoms with Gasteiger partial charge in [0.25, 0.3) is 0 Å². The van der Waals surface area contributed by atoms with Gasteiger partial charge in [-0.05, 0) is 38.8 Å². The lowest BCUT2D eigenvalue weighted by Crippen LogP contribution is -2.39. The van der Waals surface area contributed by atoms with Crippen molar-refractivity contribution in [3.8, 4) is 0 Å². The Morgan fingerprint density at radius 1 is 1.50 bits per heavy atom. The quantitative estimate of drug-likeness (QED) is 0.876. The fourth-order valence-corrected chi connectivity index (χ4v) is 3.52. The SMILES string of the molecule is CCCN(CC)C1CCc2nc(N)sc2C1. The molecule has 0 aromatic carbocycles. The van der Waals surface area contributed by atoms with Crippen LogP contribution in [-0.2, 0) is 12.8 Å². The zero-order chi connectivity index (χ0) is 11.5. The Bertz CT molecular complexity index is 348. The summed E-state index contributed by atoms with van der Waals surface area (Å²) in [4.78, 5) is 8.41. The molecule has 3 nitrogen and oxygen atoms in total. The van der Waals surface area contributed by atoms with Crippen molar-refractivity contribution in [2.75, 3.05) is 18.8 Å². The molecule has 0 saturated carbocycles. The molecule has 2 rings (SSSR count). The Morgan fingerprint density at radius 3 is 3.00 bits per heavy atom. The van der Waals surface area contributed by atoms with Gasteiger partial charge in [-0.2, -0.15) is 0 Å². The van der Waals surface area contributed by atoms with Crippen LogP contribution in [0.2, 0.25) is 0 Å². The number of rotatable bonds is 4. The molecule has 1 aromatic rings. The molecule has 0 amide bonds. The van der Waals surface area contributed by atoms with Gasteiger partial charge in [0.15, 0.2) is 5.13 Å². The highest BCUT2D eigenvalue weighted by atomic mass is 32.1. The molecule has 0 spiro atoms. The topological polar surface area (TPSA) is 42.2 Å². The standard InChI is InChI=1S/C12H21N3S/c1-3-7-15(4-2)9-5-6-10-11(8-9)16-12(13)14-10/h9H,3-8H2,1-2H3,(H2,13,14). The van der Waals surface area contributed by atoms with Gasteiger partial charge in [0, 0.05) is 10.9 Å². The van der Waals surface area contributed by atoms with Gasteiger partial charge in [-0.25, -0.2) is 4.98 Å². The summed E-state index contributed by atoms with van der Waals surface area (Å²) in [5.74, 6) is 0. The number of fused-ring (bicyclic) bond motifs is 1. The molecule has 16 heavy (non-hydrogen) atoms. The van der Waals surface area contributed by atoms with Crippen LogP contribution in [0.4, 0.5) is 5.13 Å². The van der Waals surface area contributed by atoms with Crippen molar-refractivity contribution in [2.45, 2.75) is 45.6 Å². The van der Waals surface area contributed by atoms with Gasteiger partial charge in [-0.3, -0.25) is 0 Å². The summed E-state index contributed by atoms with van der Waals surface area (Å²) >= 11 is 1.68. The number of aryl methyl sites for hydroxylation is 1. The van der Waals surface area contributed by atoms with E-state index in [1.165, 1.54) is 30.0 Å². The molecule has 2 N–H and O–H groups in total. The van der Waals surface area contributed by atoms with Crippen LogP contribution < -0.4 is 5.73 Å². The average molecular weight is 239 g/mol. The van der Waals surface area contributed by atoms with Crippen molar-refractivity contribution in [1.29, 1.82) is 0 Å². The predicted octanol–water partition coefficient (Wildman–Crippen LogP) is 2.31. The van der Waals surface area contributed by atoms with E-state index in [-0.39, 0.29) is 0 Å². The molecule has 1 atom stereocenters. The minimum atomic E-state index is 0.706. The van der Waals surface area contributed by atoms with Crippen LogP contribution in [0.5, 0.6) is 0 Å². The van der Waals surface area contributed by atoms with Crippen LogP contribution in [0.1, 0.15) is 37.3 Å². The number of aromatic nitrogens is 1. The normalized spacial score (nSPS) is 20.1. The maximum Gasteiger partial charge on any atom is 0.180 e. The summed E-state index contributed by atoms with van der Waals surface area (Å²) in [6, 6.07) is 0.706. The molecule has 90 valence electrons. The smallest absolute Gasteiger partial charge is 0.180 e. The number of hydrogen-bond acceptors (Lipinski definition) is 4. The molecule has 1 unspecified atom stereocenters. The third kappa shape index (κ3) is 2.38. The van der Waals surface area contributed by atoms with E-state index in [4.69, 9.17) is 5.73 Å². The van der Waals surface area contributed by atoms with Crippen LogP contribution in [-0.4, -0.2) is 29.0 Å². The Labute approximate surface area is 102 Å². The maximum atomic E-state index is 5.76. The highest BCUT2D eigenvalue weighted by Crippen LogP contribution is 2.30. The molecule has 0 bridgehead atoms. The Morgan fingerprint density at radius 2 is 2.31 bits per heavy atom. The number of thiazole rings is 1. The summed E-state index contributed by atoms with van der Waals surface area (Å²) in [6.45, 7) is 6.88. The first kappa shape index (κ1) is 11.9. The number of nitrogens with zero attached hydrogens (tertiary/aromatic N) is 2. The van der Waals surface area contributed by atoms with Crippen LogP contribution in [0.25, 0.3) is 0 Å². The van der Waals surface area contributed by atoms with Crippen molar-refractivity contribution >= 4 is 16.5 Å². The number of nitrogens with two attached hydrogens (primary N) is 1. The van der Waals surface area contributed by atoms with Crippen molar-refractivity contribution in [3.63, 3.8) is 0 Å². The lowest BCUT2D eigenvalue weighted by molar-refractivity contribution is 0.190. The summed E-state index contributed by atoms with van der Waals surface area (Å²) in [7, 11) is 0. The molecule has 1 aliphatic rings. The molecular formula is C12H21N3S. The summed E-state index contributed by atoms with van der Waals surface area (Å²) < 4.78 is 0. The number of anilines is 1. The first-order valence-electron chi connectivity index (χ1n) is 6.22. The van der Waals surface area contributed by atoms with E-state index in [2.05, 4.69) is 23.7 Å². The second-order valence-corrected chi connectivity index (χ2v) is 5.56. The zero-order valence-corrected chi connectivity index (χ0v) is 11.0. The minimum Gasteiger partial charge on any atom is -0.375 e. The van der Waals surface area contributed by atoms with Crippen LogP contribution in [0.3, 0.4) is 0 Å². The number of likely N-dealkylation sites (N-methyl/N-ethyl adjacent to an activating group) is 1. The Hall–Kier alpha value is -0.610. The fourth-order valence-electron chi connectivity index (χ4n) is 2.58. The van der Waals surface area contributed by atoms with Crippen molar-refractivity contribution in [2.24, 2.45) is 0 Å². The maximum absolute atomic E-state index is 5.76. The van der Waals surface area contributed by atoms with Gasteiger partial charge >= 0.3 is 0 Å². The second kappa shape index (κ2) is 5.15. The molecule has 0 fully saturated rings. The van der Waals surface area contributed by atoms with Gasteiger partial charge < -0.3 is 10.6 Å². The van der Waals surface area contributed by atoms with E-state index in [0.717, 1.165) is 24.5 Å². The van der Waals surface area contributed by atoms with Gasteiger partial charge in [-0.15, -0.1) is 11.3 Å². The lowest BCUT2D eigenvalue weighted by atomic mass is 9.96. The third-order valence-corrected chi connectivity index (χ3v) is 4.31. The van der Waals surface area contributed by atoms with Crippen LogP contribution in [0, 0.1) is 0 Å². The van der Waals surface area contributed by atoms with E-state index < -0.39 is 0 Å². The monoisotopic (exact) mass is 239 g/mol. The molecule has 1 aliphatic carbocycles. The minimum absolute atomic E-state index is 0.706. The van der Waals surface area contributed by atoms with Crippen molar-refractivity contribution in [1.82, 2.24) is 9.88 Å². The average Bonchev–Trinajstić information content (AvgIpc) is 2.64. The first-order chi connectivity index (χ1) is 7.74. The van der Waals surface area contributed by atoms with Gasteiger partial charge in [0.2, 0.25) is 0 Å². The molecule has 0 aliphatic heterocycles. The molecule has 1 aromatic heterocycles. The fraction of sp³-hybridized carbons (Fsp3) is 0.750. The number of hydrogen-bond donors (Lipinski definition) is 1. The summed E-state index contributed by atoms with van der Waals surface area (Å²) in [6.07, 6.45) is 4.73. The van der Waals surface area contributed by atoms with Crippen LogP contribution in [0.15, 0.2) is 0 Å². The van der Waals surface area contributed by atoms with E-state index in [9.17, 15) is 0 Å². The second-order valence-electron chi connectivity index (χ2n) is 4.45. The summed E-state index contributed by atoms with van der Waals surface area (Å²) in [5.41, 5.74) is 7.02. The summed E-state index contributed by atoms with van der Waals surface area (Å²) in [5, 5.41) is 0.740. The lowest BCUT2D eigenvalue weighted by Gasteiger charge is -2.32. The Balaban J connectivity index is 2.06. The van der Waals surface area contributed by atoms with E-state index in [1.807, 2.05) is 0 Å². The van der Waals surface area contributed by atoms with E-state index in [1.54, 1.807) is 11.3 Å². The van der Waals surface area contributed by atoms with Crippen LogP contribution >= 0.6 is 11.3 Å². The predicted molar refractivity (Wildman–Crippen MR) is 69.9 cm³/mol. The number of nitrogen functional groups attached to an aromatic ring is 1. The zero-order valence-electron chi connectivity index (χ0n) is 10.2. The highest BCUT2D eigenvalue weighted by Gasteiger charge is 2.25. The molecule has 4 heteroatoms. The van der Waals surface area contributed by atoms with Gasteiger partial charge in [0.1, 0.15) is 0 Å². The van der Waals surface area contributed by atoms with Crippen molar-refractivity contribution < 1.29 is 0 Å². The molecular weight excluding hydrogens is 218 g/mol. The van der Waals surface area contributed by atoms with E-state index in [0.29, 0.717) is 6.04 Å².